The van der Waals surface area contributed by atoms with Crippen molar-refractivity contribution in [1.82, 2.24) is 0 Å². The molecule has 2 atom stereocenters. The number of carboxylic acids is 1. The summed E-state index contributed by atoms with van der Waals surface area (Å²) in [7, 11) is 0. The van der Waals surface area contributed by atoms with Crippen LogP contribution in [0.1, 0.15) is 6.92 Å². The van der Waals surface area contributed by atoms with Crippen molar-refractivity contribution in [2.45, 2.75) is 13.0 Å². The second-order valence-corrected chi connectivity index (χ2v) is 3.60. The quantitative estimate of drug-likeness (QED) is 0.733. The van der Waals surface area contributed by atoms with Gasteiger partial charge in [-0.3, -0.25) is 4.99 Å². The third-order valence-electron chi connectivity index (χ3n) is 1.94. The van der Waals surface area contributed by atoms with E-state index < -0.39 is 17.4 Å². The van der Waals surface area contributed by atoms with Gasteiger partial charge in [0.05, 0.1) is 0 Å². The zero-order valence-electron chi connectivity index (χ0n) is 6.70. The van der Waals surface area contributed by atoms with Crippen molar-refractivity contribution in [3.8, 4) is 0 Å². The van der Waals surface area contributed by atoms with Crippen LogP contribution in [0.2, 0.25) is 0 Å². The number of allylic oxidation sites excluding steroid dienone is 1. The third-order valence-corrected chi connectivity index (χ3v) is 3.15. The van der Waals surface area contributed by atoms with Crippen molar-refractivity contribution in [2.75, 3.05) is 5.33 Å². The Bertz CT molecular complexity index is 249. The van der Waals surface area contributed by atoms with E-state index in [-0.39, 0.29) is 0 Å². The lowest BCUT2D eigenvalue weighted by Crippen LogP contribution is -2.38. The molecule has 0 saturated heterocycles. The van der Waals surface area contributed by atoms with E-state index in [1.807, 2.05) is 13.0 Å². The Kier molecular flexibility index (Phi) is 2.67. The third kappa shape index (κ3) is 1.58. The van der Waals surface area contributed by atoms with Crippen LogP contribution in [0.4, 0.5) is 0 Å². The molecule has 1 rings (SSSR count). The number of carbonyl (C=O) groups is 1. The molecule has 0 aromatic heterocycles. The topological polar surface area (TPSA) is 49.7 Å². The van der Waals surface area contributed by atoms with Gasteiger partial charge in [0.15, 0.2) is 6.04 Å². The maximum Gasteiger partial charge on any atom is 0.329 e. The molecule has 0 saturated carbocycles. The lowest BCUT2D eigenvalue weighted by Gasteiger charge is -2.29. The SMILES string of the molecule is CC1(CBr)C=CC=NC1C(=O)O. The first-order chi connectivity index (χ1) is 5.60. The Morgan fingerprint density at radius 3 is 2.92 bits per heavy atom. The summed E-state index contributed by atoms with van der Waals surface area (Å²) in [5.41, 5.74) is -0.402. The van der Waals surface area contributed by atoms with Crippen LogP contribution in [0.5, 0.6) is 0 Å². The van der Waals surface area contributed by atoms with E-state index >= 15 is 0 Å². The fourth-order valence-corrected chi connectivity index (χ4v) is 1.62. The minimum absolute atomic E-state index is 0.402. The highest BCUT2D eigenvalue weighted by Crippen LogP contribution is 2.30. The lowest BCUT2D eigenvalue weighted by molar-refractivity contribution is -0.140. The van der Waals surface area contributed by atoms with Gasteiger partial charge in [0.1, 0.15) is 0 Å². The minimum atomic E-state index is -0.877. The molecule has 1 N–H and O–H groups in total. The molecule has 0 aliphatic carbocycles. The van der Waals surface area contributed by atoms with Crippen LogP contribution in [-0.4, -0.2) is 28.7 Å². The highest BCUT2D eigenvalue weighted by Gasteiger charge is 2.36. The number of halogens is 1. The summed E-state index contributed by atoms with van der Waals surface area (Å²) in [5, 5.41) is 9.44. The predicted octanol–water partition coefficient (Wildman–Crippen LogP) is 1.48. The van der Waals surface area contributed by atoms with E-state index in [1.54, 1.807) is 6.08 Å². The lowest BCUT2D eigenvalue weighted by atomic mass is 9.83. The maximum atomic E-state index is 10.8. The molecule has 0 aromatic rings. The maximum absolute atomic E-state index is 10.8. The van der Waals surface area contributed by atoms with Crippen molar-refractivity contribution < 1.29 is 9.90 Å². The Morgan fingerprint density at radius 2 is 2.50 bits per heavy atom. The monoisotopic (exact) mass is 231 g/mol. The van der Waals surface area contributed by atoms with E-state index in [4.69, 9.17) is 5.11 Å². The Labute approximate surface area is 79.3 Å². The number of rotatable bonds is 2. The summed E-state index contributed by atoms with van der Waals surface area (Å²) in [4.78, 5) is 14.7. The highest BCUT2D eigenvalue weighted by molar-refractivity contribution is 9.09. The van der Waals surface area contributed by atoms with Gasteiger partial charge in [-0.2, -0.15) is 0 Å². The average molecular weight is 232 g/mol. The zero-order chi connectivity index (χ0) is 9.19. The molecule has 66 valence electrons. The van der Waals surface area contributed by atoms with Crippen molar-refractivity contribution in [3.63, 3.8) is 0 Å². The Balaban J connectivity index is 2.92. The van der Waals surface area contributed by atoms with Crippen LogP contribution < -0.4 is 0 Å². The number of nitrogens with zero attached hydrogens (tertiary/aromatic N) is 1. The molecule has 2 unspecified atom stereocenters. The highest BCUT2D eigenvalue weighted by atomic mass is 79.9. The van der Waals surface area contributed by atoms with Gasteiger partial charge in [-0.05, 0) is 6.08 Å². The summed E-state index contributed by atoms with van der Waals surface area (Å²) in [5.74, 6) is -0.877. The van der Waals surface area contributed by atoms with Gasteiger partial charge in [-0.25, -0.2) is 4.79 Å². The number of aliphatic imine (C=N–C) groups is 1. The number of hydrogen-bond donors (Lipinski definition) is 1. The Morgan fingerprint density at radius 1 is 1.83 bits per heavy atom. The molecule has 1 aliphatic rings. The summed E-state index contributed by atoms with van der Waals surface area (Å²) in [6.45, 7) is 1.87. The van der Waals surface area contributed by atoms with Gasteiger partial charge in [0.25, 0.3) is 0 Å². The van der Waals surface area contributed by atoms with Gasteiger partial charge in [-0.15, -0.1) is 0 Å². The van der Waals surface area contributed by atoms with Gasteiger partial charge in [-0.1, -0.05) is 28.9 Å². The standard InChI is InChI=1S/C8H10BrNO2/c1-8(5-9)3-2-4-10-6(8)7(11)12/h2-4,6H,5H2,1H3,(H,11,12). The first-order valence-corrected chi connectivity index (χ1v) is 4.72. The summed E-state index contributed by atoms with van der Waals surface area (Å²) < 4.78 is 0. The van der Waals surface area contributed by atoms with Crippen LogP contribution in [0.25, 0.3) is 0 Å². The second-order valence-electron chi connectivity index (χ2n) is 3.04. The van der Waals surface area contributed by atoms with Gasteiger partial charge in [0.2, 0.25) is 0 Å². The molecule has 0 bridgehead atoms. The number of dihydropyridines is 1. The molecule has 3 nitrogen and oxygen atoms in total. The summed E-state index contributed by atoms with van der Waals surface area (Å²) in [6, 6.07) is -0.665. The zero-order valence-corrected chi connectivity index (χ0v) is 8.28. The molecule has 0 fully saturated rings. The first kappa shape index (κ1) is 9.45. The largest absolute Gasteiger partial charge is 0.480 e. The predicted molar refractivity (Wildman–Crippen MR) is 51.0 cm³/mol. The van der Waals surface area contributed by atoms with E-state index in [9.17, 15) is 4.79 Å². The smallest absolute Gasteiger partial charge is 0.329 e. The minimum Gasteiger partial charge on any atom is -0.480 e. The average Bonchev–Trinajstić information content (AvgIpc) is 2.05. The van der Waals surface area contributed by atoms with E-state index in [1.165, 1.54) is 6.21 Å². The summed E-state index contributed by atoms with van der Waals surface area (Å²) in [6.07, 6.45) is 5.18. The number of hydrogen-bond acceptors (Lipinski definition) is 2. The molecule has 12 heavy (non-hydrogen) atoms. The van der Waals surface area contributed by atoms with Crippen molar-refractivity contribution in [3.05, 3.63) is 12.2 Å². The van der Waals surface area contributed by atoms with Crippen molar-refractivity contribution >= 4 is 28.1 Å². The van der Waals surface area contributed by atoms with E-state index in [0.717, 1.165) is 0 Å². The summed E-state index contributed by atoms with van der Waals surface area (Å²) >= 11 is 3.29. The van der Waals surface area contributed by atoms with E-state index in [0.29, 0.717) is 5.33 Å². The van der Waals surface area contributed by atoms with Crippen molar-refractivity contribution in [1.29, 1.82) is 0 Å². The molecular weight excluding hydrogens is 222 g/mol. The number of aliphatic carboxylic acids is 1. The molecule has 1 aliphatic heterocycles. The molecule has 1 heterocycles. The van der Waals surface area contributed by atoms with Crippen LogP contribution in [-0.2, 0) is 4.79 Å². The molecule has 0 radical (unpaired) electrons. The van der Waals surface area contributed by atoms with Crippen LogP contribution >= 0.6 is 15.9 Å². The van der Waals surface area contributed by atoms with Gasteiger partial charge < -0.3 is 5.11 Å². The van der Waals surface area contributed by atoms with Crippen LogP contribution in [0.15, 0.2) is 17.1 Å². The van der Waals surface area contributed by atoms with Crippen molar-refractivity contribution in [2.24, 2.45) is 10.4 Å². The molecule has 0 spiro atoms. The van der Waals surface area contributed by atoms with E-state index in [2.05, 4.69) is 20.9 Å². The first-order valence-electron chi connectivity index (χ1n) is 3.60. The Hall–Kier alpha value is -0.640. The number of carboxylic acid groups (broad SMARTS) is 1. The van der Waals surface area contributed by atoms with Gasteiger partial charge >= 0.3 is 5.97 Å². The normalized spacial score (nSPS) is 33.7. The second kappa shape index (κ2) is 3.39. The molecular formula is C8H10BrNO2. The fourth-order valence-electron chi connectivity index (χ4n) is 1.12. The molecule has 0 amide bonds. The molecule has 4 heteroatoms. The fraction of sp³-hybridized carbons (Fsp3) is 0.500. The molecule has 0 aromatic carbocycles. The van der Waals surface area contributed by atoms with Crippen LogP contribution in [0.3, 0.4) is 0 Å². The van der Waals surface area contributed by atoms with Crippen LogP contribution in [0, 0.1) is 5.41 Å². The van der Waals surface area contributed by atoms with Gasteiger partial charge in [0, 0.05) is 17.0 Å². The number of alkyl halides is 1.